The van der Waals surface area contributed by atoms with Crippen LogP contribution in [0.2, 0.25) is 0 Å². The van der Waals surface area contributed by atoms with Crippen LogP contribution in [0.1, 0.15) is 19.3 Å². The monoisotopic (exact) mass is 135 g/mol. The number of hydrogen-bond donors (Lipinski definition) is 0. The van der Waals surface area contributed by atoms with E-state index in [1.54, 1.807) is 0 Å². The third-order valence-corrected chi connectivity index (χ3v) is 1.82. The first-order valence-electron chi connectivity index (χ1n) is 3.66. The molecule has 0 unspecified atom stereocenters. The fourth-order valence-corrected chi connectivity index (χ4v) is 1.33. The lowest BCUT2D eigenvalue weighted by Gasteiger charge is -1.94. The first-order chi connectivity index (χ1) is 4.88. The second kappa shape index (κ2) is 3.35. The molecule has 0 bridgehead atoms. The van der Waals surface area contributed by atoms with Gasteiger partial charge in [0.05, 0.1) is 0 Å². The molecule has 1 heteroatoms. The molecule has 1 saturated carbocycles. The van der Waals surface area contributed by atoms with E-state index in [0.717, 1.165) is 6.42 Å². The quantitative estimate of drug-likeness (QED) is 0.523. The van der Waals surface area contributed by atoms with Crippen molar-refractivity contribution in [3.8, 4) is 0 Å². The third kappa shape index (κ3) is 1.35. The normalized spacial score (nSPS) is 26.1. The fourth-order valence-electron chi connectivity index (χ4n) is 1.33. The minimum atomic E-state index is 1.15. The zero-order valence-corrected chi connectivity index (χ0v) is 6.43. The number of rotatable bonds is 1. The van der Waals surface area contributed by atoms with Crippen LogP contribution in [-0.4, -0.2) is 12.8 Å². The highest BCUT2D eigenvalue weighted by atomic mass is 14.7. The number of nitrogens with zero attached hydrogens (tertiary/aromatic N) is 1. The summed E-state index contributed by atoms with van der Waals surface area (Å²) in [6.07, 6.45) is 7.49. The minimum absolute atomic E-state index is 1.15. The van der Waals surface area contributed by atoms with E-state index < -0.39 is 0 Å². The van der Waals surface area contributed by atoms with Crippen molar-refractivity contribution >= 4 is 5.71 Å². The van der Waals surface area contributed by atoms with Gasteiger partial charge in [-0.3, -0.25) is 4.99 Å². The highest BCUT2D eigenvalue weighted by Gasteiger charge is 2.12. The van der Waals surface area contributed by atoms with Gasteiger partial charge in [0.1, 0.15) is 0 Å². The molecular weight excluding hydrogens is 122 g/mol. The summed E-state index contributed by atoms with van der Waals surface area (Å²) in [5.41, 5.74) is 2.64. The molecule has 0 amide bonds. The Morgan fingerprint density at radius 3 is 2.90 bits per heavy atom. The molecule has 0 aromatic carbocycles. The number of hydrogen-bond acceptors (Lipinski definition) is 1. The predicted molar refractivity (Wildman–Crippen MR) is 45.5 cm³/mol. The summed E-state index contributed by atoms with van der Waals surface area (Å²) in [7, 11) is 1.86. The molecule has 1 rings (SSSR count). The Bertz CT molecular complexity index is 187. The van der Waals surface area contributed by atoms with Gasteiger partial charge in [0.2, 0.25) is 0 Å². The predicted octanol–water partition coefficient (Wildman–Crippen LogP) is 2.35. The molecule has 54 valence electrons. The molecule has 0 radical (unpaired) electrons. The molecule has 0 N–H and O–H groups in total. The number of aliphatic imine (C=N–C) groups is 1. The van der Waals surface area contributed by atoms with E-state index in [1.165, 1.54) is 24.1 Å². The summed E-state index contributed by atoms with van der Waals surface area (Å²) >= 11 is 0. The van der Waals surface area contributed by atoms with Crippen molar-refractivity contribution in [2.75, 3.05) is 7.05 Å². The Labute approximate surface area is 62.2 Å². The summed E-state index contributed by atoms with van der Waals surface area (Å²) in [5.74, 6) is 0. The van der Waals surface area contributed by atoms with Crippen molar-refractivity contribution in [1.82, 2.24) is 0 Å². The van der Waals surface area contributed by atoms with Gasteiger partial charge in [0.25, 0.3) is 0 Å². The topological polar surface area (TPSA) is 12.4 Å². The molecule has 1 nitrogen and oxygen atoms in total. The van der Waals surface area contributed by atoms with E-state index in [-0.39, 0.29) is 0 Å². The van der Waals surface area contributed by atoms with Crippen molar-refractivity contribution < 1.29 is 0 Å². The molecule has 0 aromatic rings. The second-order valence-electron chi connectivity index (χ2n) is 2.45. The molecular formula is C9H13N. The van der Waals surface area contributed by atoms with Crippen molar-refractivity contribution in [2.24, 2.45) is 4.99 Å². The van der Waals surface area contributed by atoms with Crippen molar-refractivity contribution in [3.63, 3.8) is 0 Å². The van der Waals surface area contributed by atoms with Gasteiger partial charge in [-0.25, -0.2) is 0 Å². The van der Waals surface area contributed by atoms with Crippen LogP contribution in [-0.2, 0) is 0 Å². The average Bonchev–Trinajstić information content (AvgIpc) is 2.36. The van der Waals surface area contributed by atoms with E-state index in [9.17, 15) is 0 Å². The molecule has 0 aliphatic heterocycles. The molecule has 0 aromatic heterocycles. The Kier molecular flexibility index (Phi) is 2.43. The van der Waals surface area contributed by atoms with Gasteiger partial charge in [0.15, 0.2) is 0 Å². The Morgan fingerprint density at radius 2 is 2.30 bits per heavy atom. The van der Waals surface area contributed by atoms with E-state index in [1.807, 2.05) is 13.1 Å². The lowest BCUT2D eigenvalue weighted by Crippen LogP contribution is -1.91. The molecule has 0 saturated heterocycles. The van der Waals surface area contributed by atoms with Crippen LogP contribution >= 0.6 is 0 Å². The van der Waals surface area contributed by atoms with Crippen LogP contribution in [0.3, 0.4) is 0 Å². The van der Waals surface area contributed by atoms with Crippen LogP contribution in [0, 0.1) is 0 Å². The Hall–Kier alpha value is -0.850. The lowest BCUT2D eigenvalue weighted by atomic mass is 10.2. The van der Waals surface area contributed by atoms with E-state index in [0.29, 0.717) is 0 Å². The molecule has 0 atom stereocenters. The smallest absolute Gasteiger partial charge is 0.0376 e. The van der Waals surface area contributed by atoms with Gasteiger partial charge < -0.3 is 0 Å². The van der Waals surface area contributed by atoms with Crippen molar-refractivity contribution in [2.45, 2.75) is 19.3 Å². The zero-order valence-electron chi connectivity index (χ0n) is 6.43. The maximum atomic E-state index is 4.19. The molecule has 1 fully saturated rings. The maximum absolute atomic E-state index is 4.19. The summed E-state index contributed by atoms with van der Waals surface area (Å²) in [6.45, 7) is 3.66. The highest BCUT2D eigenvalue weighted by molar-refractivity contribution is 6.02. The molecule has 1 aliphatic rings. The summed E-state index contributed by atoms with van der Waals surface area (Å²) in [6, 6.07) is 0. The molecule has 0 spiro atoms. The third-order valence-electron chi connectivity index (χ3n) is 1.82. The van der Waals surface area contributed by atoms with E-state index in [2.05, 4.69) is 17.6 Å². The fraction of sp³-hybridized carbons (Fsp3) is 0.444. The molecule has 1 aliphatic carbocycles. The second-order valence-corrected chi connectivity index (χ2v) is 2.45. The van der Waals surface area contributed by atoms with Gasteiger partial charge in [-0.1, -0.05) is 18.7 Å². The molecule has 10 heavy (non-hydrogen) atoms. The van der Waals surface area contributed by atoms with Gasteiger partial charge in [0, 0.05) is 12.8 Å². The van der Waals surface area contributed by atoms with Crippen LogP contribution < -0.4 is 0 Å². The summed E-state index contributed by atoms with van der Waals surface area (Å²) in [5, 5.41) is 0. The summed E-state index contributed by atoms with van der Waals surface area (Å²) < 4.78 is 0. The van der Waals surface area contributed by atoms with Crippen LogP contribution in [0.15, 0.2) is 29.3 Å². The van der Waals surface area contributed by atoms with Crippen molar-refractivity contribution in [1.29, 1.82) is 0 Å². The van der Waals surface area contributed by atoms with Crippen LogP contribution in [0.25, 0.3) is 0 Å². The Balaban J connectivity index is 2.77. The van der Waals surface area contributed by atoms with Gasteiger partial charge in [-0.2, -0.15) is 0 Å². The standard InChI is InChI=1S/C9H13N/c1-3-5-8-6-4-7-9(8)10-2/h3,5H,1,4,6-7H2,2H3/b8-5-,10-9-. The lowest BCUT2D eigenvalue weighted by molar-refractivity contribution is 0.946. The van der Waals surface area contributed by atoms with E-state index >= 15 is 0 Å². The first kappa shape index (κ1) is 7.26. The minimum Gasteiger partial charge on any atom is -0.293 e. The van der Waals surface area contributed by atoms with Gasteiger partial charge in [-0.05, 0) is 24.8 Å². The Morgan fingerprint density at radius 1 is 1.50 bits per heavy atom. The highest BCUT2D eigenvalue weighted by Crippen LogP contribution is 2.21. The largest absolute Gasteiger partial charge is 0.293 e. The zero-order chi connectivity index (χ0) is 7.40. The van der Waals surface area contributed by atoms with Crippen LogP contribution in [0.5, 0.6) is 0 Å². The first-order valence-corrected chi connectivity index (χ1v) is 3.66. The van der Waals surface area contributed by atoms with E-state index in [4.69, 9.17) is 0 Å². The molecule has 0 heterocycles. The average molecular weight is 135 g/mol. The van der Waals surface area contributed by atoms with Gasteiger partial charge in [-0.15, -0.1) is 0 Å². The number of allylic oxidation sites excluding steroid dienone is 3. The SMILES string of the molecule is C=C/C=C1/CCC/C1=N/C. The maximum Gasteiger partial charge on any atom is 0.0376 e. The van der Waals surface area contributed by atoms with Gasteiger partial charge >= 0.3 is 0 Å². The van der Waals surface area contributed by atoms with Crippen molar-refractivity contribution in [3.05, 3.63) is 24.3 Å². The summed E-state index contributed by atoms with van der Waals surface area (Å²) in [4.78, 5) is 4.19. The van der Waals surface area contributed by atoms with Crippen LogP contribution in [0.4, 0.5) is 0 Å².